The van der Waals surface area contributed by atoms with Crippen LogP contribution in [0.4, 0.5) is 0 Å². The Labute approximate surface area is 114 Å². The van der Waals surface area contributed by atoms with Crippen LogP contribution >= 0.6 is 0 Å². The molecular formula is C14H23N3O2. The third-order valence-corrected chi connectivity index (χ3v) is 4.26. The van der Waals surface area contributed by atoms with Gasteiger partial charge in [-0.15, -0.1) is 0 Å². The number of aromatic nitrogens is 2. The number of hydrogen-bond acceptors (Lipinski definition) is 4. The van der Waals surface area contributed by atoms with Crippen LogP contribution in [0.25, 0.3) is 0 Å². The van der Waals surface area contributed by atoms with Crippen LogP contribution in [0.15, 0.2) is 12.4 Å². The molecule has 0 aliphatic carbocycles. The average molecular weight is 265 g/mol. The third-order valence-electron chi connectivity index (χ3n) is 4.26. The van der Waals surface area contributed by atoms with Gasteiger partial charge in [0.05, 0.1) is 12.2 Å². The summed E-state index contributed by atoms with van der Waals surface area (Å²) in [4.78, 5) is 4.35. The standard InChI is InChI=1S/C14H23N3O2/c1-17-7-6-16-13(17)2-5-15-12-3-8-19-14(10-12)4-9-18-11-14/h6-7,12,15H,2-5,8-11H2,1H3. The van der Waals surface area contributed by atoms with E-state index in [9.17, 15) is 0 Å². The van der Waals surface area contributed by atoms with Gasteiger partial charge in [0, 0.05) is 58.1 Å². The Morgan fingerprint density at radius 1 is 1.53 bits per heavy atom. The first-order valence-corrected chi connectivity index (χ1v) is 7.19. The van der Waals surface area contributed by atoms with E-state index in [0.717, 1.165) is 57.9 Å². The maximum absolute atomic E-state index is 5.95. The summed E-state index contributed by atoms with van der Waals surface area (Å²) in [6, 6.07) is 0.552. The molecule has 106 valence electrons. The van der Waals surface area contributed by atoms with Crippen molar-refractivity contribution in [1.82, 2.24) is 14.9 Å². The van der Waals surface area contributed by atoms with E-state index < -0.39 is 0 Å². The van der Waals surface area contributed by atoms with Crippen molar-refractivity contribution in [2.45, 2.75) is 37.3 Å². The number of hydrogen-bond donors (Lipinski definition) is 1. The molecule has 1 aromatic heterocycles. The predicted octanol–water partition coefficient (Wildman–Crippen LogP) is 0.890. The van der Waals surface area contributed by atoms with Crippen molar-refractivity contribution in [2.75, 3.05) is 26.4 Å². The SMILES string of the molecule is Cn1ccnc1CCNC1CCOC2(CCOC2)C1. The molecule has 0 amide bonds. The van der Waals surface area contributed by atoms with E-state index in [1.165, 1.54) is 0 Å². The Hall–Kier alpha value is -0.910. The molecular weight excluding hydrogens is 242 g/mol. The topological polar surface area (TPSA) is 48.3 Å². The Bertz CT molecular complexity index is 413. The first-order chi connectivity index (χ1) is 9.27. The maximum atomic E-state index is 5.95. The van der Waals surface area contributed by atoms with Crippen molar-refractivity contribution in [3.8, 4) is 0 Å². The molecule has 2 atom stereocenters. The zero-order valence-corrected chi connectivity index (χ0v) is 11.6. The second-order valence-corrected chi connectivity index (χ2v) is 5.68. The van der Waals surface area contributed by atoms with Crippen LogP contribution in [0, 0.1) is 0 Å². The van der Waals surface area contributed by atoms with E-state index in [1.807, 2.05) is 19.4 Å². The molecule has 19 heavy (non-hydrogen) atoms. The van der Waals surface area contributed by atoms with Crippen LogP contribution in [0.3, 0.4) is 0 Å². The van der Waals surface area contributed by atoms with E-state index in [1.54, 1.807) is 0 Å². The highest BCUT2D eigenvalue weighted by atomic mass is 16.6. The highest BCUT2D eigenvalue weighted by molar-refractivity contribution is 4.94. The van der Waals surface area contributed by atoms with Crippen molar-refractivity contribution in [3.63, 3.8) is 0 Å². The molecule has 3 heterocycles. The molecule has 5 nitrogen and oxygen atoms in total. The molecule has 5 heteroatoms. The van der Waals surface area contributed by atoms with Gasteiger partial charge < -0.3 is 19.4 Å². The van der Waals surface area contributed by atoms with Crippen LogP contribution < -0.4 is 5.32 Å². The molecule has 0 bridgehead atoms. The number of aryl methyl sites for hydroxylation is 1. The molecule has 2 aliphatic heterocycles. The molecule has 0 radical (unpaired) electrons. The van der Waals surface area contributed by atoms with E-state index in [0.29, 0.717) is 6.04 Å². The van der Waals surface area contributed by atoms with E-state index in [4.69, 9.17) is 9.47 Å². The van der Waals surface area contributed by atoms with E-state index >= 15 is 0 Å². The van der Waals surface area contributed by atoms with Crippen molar-refractivity contribution >= 4 is 0 Å². The number of nitrogens with one attached hydrogen (secondary N) is 1. The summed E-state index contributed by atoms with van der Waals surface area (Å²) in [5.74, 6) is 1.14. The molecule has 0 aromatic carbocycles. The lowest BCUT2D eigenvalue weighted by Crippen LogP contribution is -2.47. The van der Waals surface area contributed by atoms with E-state index in [2.05, 4.69) is 14.9 Å². The zero-order chi connectivity index (χ0) is 13.1. The molecule has 1 aromatic rings. The molecule has 0 saturated carbocycles. The minimum absolute atomic E-state index is 0.000853. The lowest BCUT2D eigenvalue weighted by molar-refractivity contribution is -0.0892. The van der Waals surface area contributed by atoms with Gasteiger partial charge in [-0.2, -0.15) is 0 Å². The van der Waals surface area contributed by atoms with Crippen LogP contribution in [-0.2, 0) is 22.9 Å². The van der Waals surface area contributed by atoms with Gasteiger partial charge in [-0.1, -0.05) is 0 Å². The lowest BCUT2D eigenvalue weighted by atomic mass is 9.89. The van der Waals surface area contributed by atoms with Crippen molar-refractivity contribution in [1.29, 1.82) is 0 Å². The quantitative estimate of drug-likeness (QED) is 0.878. The van der Waals surface area contributed by atoms with Crippen LogP contribution in [0.5, 0.6) is 0 Å². The third kappa shape index (κ3) is 2.99. The summed E-state index contributed by atoms with van der Waals surface area (Å²) in [7, 11) is 2.04. The molecule has 2 fully saturated rings. The number of rotatable bonds is 4. The Kier molecular flexibility index (Phi) is 3.86. The molecule has 3 rings (SSSR count). The monoisotopic (exact) mass is 265 g/mol. The molecule has 2 aliphatic rings. The smallest absolute Gasteiger partial charge is 0.109 e. The van der Waals surface area contributed by atoms with Crippen molar-refractivity contribution in [2.24, 2.45) is 7.05 Å². The second-order valence-electron chi connectivity index (χ2n) is 5.68. The maximum Gasteiger partial charge on any atom is 0.109 e. The van der Waals surface area contributed by atoms with Gasteiger partial charge in [-0.3, -0.25) is 0 Å². The van der Waals surface area contributed by atoms with Gasteiger partial charge in [0.25, 0.3) is 0 Å². The summed E-state index contributed by atoms with van der Waals surface area (Å²) >= 11 is 0. The minimum Gasteiger partial charge on any atom is -0.378 e. The summed E-state index contributed by atoms with van der Waals surface area (Å²) < 4.78 is 13.5. The normalized spacial score (nSPS) is 31.1. The molecule has 1 spiro atoms. The van der Waals surface area contributed by atoms with Crippen molar-refractivity contribution < 1.29 is 9.47 Å². The van der Waals surface area contributed by atoms with Gasteiger partial charge in [-0.05, 0) is 12.8 Å². The van der Waals surface area contributed by atoms with Crippen LogP contribution in [0.2, 0.25) is 0 Å². The highest BCUT2D eigenvalue weighted by Crippen LogP contribution is 2.32. The first-order valence-electron chi connectivity index (χ1n) is 7.19. The Morgan fingerprint density at radius 2 is 2.47 bits per heavy atom. The summed E-state index contributed by atoms with van der Waals surface area (Å²) in [6.07, 6.45) is 8.05. The fourth-order valence-electron chi connectivity index (χ4n) is 3.09. The Balaban J connectivity index is 1.46. The van der Waals surface area contributed by atoms with Gasteiger partial charge >= 0.3 is 0 Å². The number of ether oxygens (including phenoxy) is 2. The largest absolute Gasteiger partial charge is 0.378 e. The average Bonchev–Trinajstić information content (AvgIpc) is 3.01. The van der Waals surface area contributed by atoms with Crippen LogP contribution in [0.1, 0.15) is 25.1 Å². The highest BCUT2D eigenvalue weighted by Gasteiger charge is 2.40. The van der Waals surface area contributed by atoms with Gasteiger partial charge in [0.1, 0.15) is 5.82 Å². The predicted molar refractivity (Wildman–Crippen MR) is 72.1 cm³/mol. The van der Waals surface area contributed by atoms with E-state index in [-0.39, 0.29) is 5.60 Å². The number of nitrogens with zero attached hydrogens (tertiary/aromatic N) is 2. The van der Waals surface area contributed by atoms with Gasteiger partial charge in [-0.25, -0.2) is 4.98 Å². The summed E-state index contributed by atoms with van der Waals surface area (Å²) in [5.41, 5.74) is -0.000853. The first kappa shape index (κ1) is 13.1. The summed E-state index contributed by atoms with van der Waals surface area (Å²) in [5, 5.41) is 3.65. The lowest BCUT2D eigenvalue weighted by Gasteiger charge is -2.37. The fraction of sp³-hybridized carbons (Fsp3) is 0.786. The van der Waals surface area contributed by atoms with Crippen LogP contribution in [-0.4, -0.2) is 47.6 Å². The van der Waals surface area contributed by atoms with Gasteiger partial charge in [0.15, 0.2) is 0 Å². The second kappa shape index (κ2) is 5.61. The molecule has 2 unspecified atom stereocenters. The zero-order valence-electron chi connectivity index (χ0n) is 11.6. The Morgan fingerprint density at radius 3 is 3.21 bits per heavy atom. The molecule has 2 saturated heterocycles. The number of imidazole rings is 1. The van der Waals surface area contributed by atoms with Gasteiger partial charge in [0.2, 0.25) is 0 Å². The fourth-order valence-corrected chi connectivity index (χ4v) is 3.09. The summed E-state index contributed by atoms with van der Waals surface area (Å²) in [6.45, 7) is 3.44. The molecule has 1 N–H and O–H groups in total. The minimum atomic E-state index is -0.000853. The van der Waals surface area contributed by atoms with Crippen molar-refractivity contribution in [3.05, 3.63) is 18.2 Å².